The molecule has 3 aromatic rings. The number of hydrogen-bond donors (Lipinski definition) is 2. The number of nitrogens with zero attached hydrogens (tertiary/aromatic N) is 4. The highest BCUT2D eigenvalue weighted by molar-refractivity contribution is 5.92. The summed E-state index contributed by atoms with van der Waals surface area (Å²) in [6.07, 6.45) is 7.46. The Kier molecular flexibility index (Phi) is 7.63. The molecule has 36 heavy (non-hydrogen) atoms. The van der Waals surface area contributed by atoms with E-state index in [1.165, 1.54) is 23.0 Å². The van der Waals surface area contributed by atoms with Gasteiger partial charge in [0.1, 0.15) is 17.7 Å². The number of aromatic nitrogens is 4. The molecular formula is C26H31F2N5O3. The van der Waals surface area contributed by atoms with Gasteiger partial charge in [0, 0.05) is 30.3 Å². The zero-order valence-corrected chi connectivity index (χ0v) is 20.5. The Balaban J connectivity index is 1.56. The average molecular weight is 500 g/mol. The first kappa shape index (κ1) is 25.7. The number of carbonyl (C=O) groups excluding carboxylic acids is 1. The van der Waals surface area contributed by atoms with E-state index in [1.54, 1.807) is 26.1 Å². The minimum Gasteiger partial charge on any atom is -0.389 e. The fourth-order valence-corrected chi connectivity index (χ4v) is 4.69. The Bertz CT molecular complexity index is 1250. The van der Waals surface area contributed by atoms with Crippen molar-refractivity contribution in [2.75, 3.05) is 5.32 Å². The molecule has 1 saturated carbocycles. The van der Waals surface area contributed by atoms with E-state index in [4.69, 9.17) is 0 Å². The van der Waals surface area contributed by atoms with Gasteiger partial charge in [0.25, 0.3) is 11.5 Å². The molecule has 10 heteroatoms. The smallest absolute Gasteiger partial charge is 0.267 e. The molecule has 1 aliphatic carbocycles. The van der Waals surface area contributed by atoms with Crippen LogP contribution < -0.4 is 10.9 Å². The highest BCUT2D eigenvalue weighted by atomic mass is 19.1. The van der Waals surface area contributed by atoms with Gasteiger partial charge in [-0.1, -0.05) is 31.7 Å². The molecule has 0 radical (unpaired) electrons. The van der Waals surface area contributed by atoms with E-state index in [9.17, 15) is 23.5 Å². The first-order chi connectivity index (χ1) is 17.1. The summed E-state index contributed by atoms with van der Waals surface area (Å²) >= 11 is 0. The van der Waals surface area contributed by atoms with E-state index in [0.717, 1.165) is 42.5 Å². The Morgan fingerprint density at radius 3 is 2.56 bits per heavy atom. The standard InChI is InChI=1S/C26H31F2N5O3/c1-26(2,36)16-32-11-10-23(31-32)30-25(35)22(13-17-6-3-4-7-17)33-24(34)14-18(15-29-33)12-19-20(27)8-5-9-21(19)28/h5,8-11,14-15,17,22,36H,3-4,6-7,12-13,16H2,1-2H3,(H,30,31,35). The lowest BCUT2D eigenvalue weighted by Crippen LogP contribution is -2.36. The van der Waals surface area contributed by atoms with Crippen LogP contribution in [0, 0.1) is 17.6 Å². The quantitative estimate of drug-likeness (QED) is 0.466. The molecule has 4 rings (SSSR count). The third-order valence-electron chi connectivity index (χ3n) is 6.40. The van der Waals surface area contributed by atoms with Gasteiger partial charge >= 0.3 is 0 Å². The van der Waals surface area contributed by atoms with Gasteiger partial charge in [-0.15, -0.1) is 0 Å². The molecule has 1 aromatic carbocycles. The zero-order valence-electron chi connectivity index (χ0n) is 20.5. The lowest BCUT2D eigenvalue weighted by atomic mass is 9.97. The predicted molar refractivity (Wildman–Crippen MR) is 130 cm³/mol. The lowest BCUT2D eigenvalue weighted by molar-refractivity contribution is -0.120. The maximum Gasteiger partial charge on any atom is 0.267 e. The number of hydrogen-bond acceptors (Lipinski definition) is 5. The van der Waals surface area contributed by atoms with Crippen LogP contribution in [0.15, 0.2) is 47.5 Å². The van der Waals surface area contributed by atoms with Crippen LogP contribution in [0.25, 0.3) is 0 Å². The molecule has 1 amide bonds. The summed E-state index contributed by atoms with van der Waals surface area (Å²) in [6.45, 7) is 3.57. The van der Waals surface area contributed by atoms with Crippen molar-refractivity contribution in [3.63, 3.8) is 0 Å². The van der Waals surface area contributed by atoms with Crippen molar-refractivity contribution in [3.8, 4) is 0 Å². The highest BCUT2D eigenvalue weighted by Crippen LogP contribution is 2.32. The molecule has 1 fully saturated rings. The molecule has 0 spiro atoms. The van der Waals surface area contributed by atoms with Crippen LogP contribution in [0.2, 0.25) is 0 Å². The van der Waals surface area contributed by atoms with Crippen LogP contribution in [0.5, 0.6) is 0 Å². The first-order valence-corrected chi connectivity index (χ1v) is 12.2. The predicted octanol–water partition coefficient (Wildman–Crippen LogP) is 3.84. The fourth-order valence-electron chi connectivity index (χ4n) is 4.69. The van der Waals surface area contributed by atoms with E-state index in [1.807, 2.05) is 0 Å². The average Bonchev–Trinajstić information content (AvgIpc) is 3.46. The summed E-state index contributed by atoms with van der Waals surface area (Å²) < 4.78 is 30.8. The van der Waals surface area contributed by atoms with Crippen LogP contribution in [0.4, 0.5) is 14.6 Å². The fraction of sp³-hybridized carbons (Fsp3) is 0.462. The van der Waals surface area contributed by atoms with Crippen molar-refractivity contribution in [1.82, 2.24) is 19.6 Å². The molecular weight excluding hydrogens is 468 g/mol. The van der Waals surface area contributed by atoms with Crippen LogP contribution >= 0.6 is 0 Å². The van der Waals surface area contributed by atoms with Crippen molar-refractivity contribution in [2.45, 2.75) is 70.6 Å². The van der Waals surface area contributed by atoms with Gasteiger partial charge in [-0.3, -0.25) is 14.3 Å². The van der Waals surface area contributed by atoms with Crippen molar-refractivity contribution >= 4 is 11.7 Å². The highest BCUT2D eigenvalue weighted by Gasteiger charge is 2.29. The van der Waals surface area contributed by atoms with Gasteiger partial charge in [-0.05, 0) is 43.9 Å². The molecule has 1 atom stereocenters. The molecule has 8 nitrogen and oxygen atoms in total. The third kappa shape index (κ3) is 6.42. The second kappa shape index (κ2) is 10.7. The maximum atomic E-state index is 14.1. The number of amides is 1. The first-order valence-electron chi connectivity index (χ1n) is 12.2. The van der Waals surface area contributed by atoms with Gasteiger partial charge in [0.2, 0.25) is 0 Å². The molecule has 192 valence electrons. The minimum absolute atomic E-state index is 0.125. The van der Waals surface area contributed by atoms with E-state index < -0.39 is 34.7 Å². The summed E-state index contributed by atoms with van der Waals surface area (Å²) in [5.41, 5.74) is -1.28. The molecule has 2 heterocycles. The van der Waals surface area contributed by atoms with Crippen molar-refractivity contribution in [3.05, 3.63) is 75.8 Å². The van der Waals surface area contributed by atoms with Crippen LogP contribution in [-0.2, 0) is 17.8 Å². The third-order valence-corrected chi connectivity index (χ3v) is 6.40. The van der Waals surface area contributed by atoms with Gasteiger partial charge in [0.05, 0.1) is 18.3 Å². The number of rotatable bonds is 9. The van der Waals surface area contributed by atoms with Crippen molar-refractivity contribution in [1.29, 1.82) is 0 Å². The second-order valence-electron chi connectivity index (χ2n) is 10.1. The Morgan fingerprint density at radius 1 is 1.22 bits per heavy atom. The zero-order chi connectivity index (χ0) is 25.9. The van der Waals surface area contributed by atoms with E-state index in [2.05, 4.69) is 15.5 Å². The van der Waals surface area contributed by atoms with E-state index >= 15 is 0 Å². The minimum atomic E-state index is -0.969. The normalized spacial score (nSPS) is 15.2. The van der Waals surface area contributed by atoms with Gasteiger partial charge in [-0.25, -0.2) is 13.5 Å². The largest absolute Gasteiger partial charge is 0.389 e. The number of halogens is 2. The number of benzene rings is 1. The number of nitrogens with one attached hydrogen (secondary N) is 1. The van der Waals surface area contributed by atoms with Gasteiger partial charge < -0.3 is 10.4 Å². The molecule has 2 aromatic heterocycles. The van der Waals surface area contributed by atoms with Crippen LogP contribution in [0.3, 0.4) is 0 Å². The maximum absolute atomic E-state index is 14.1. The summed E-state index contributed by atoms with van der Waals surface area (Å²) in [5, 5.41) is 21.3. The Morgan fingerprint density at radius 2 is 1.92 bits per heavy atom. The molecule has 1 aliphatic rings. The molecule has 1 unspecified atom stereocenters. The summed E-state index contributed by atoms with van der Waals surface area (Å²) in [5.74, 6) is -1.21. The van der Waals surface area contributed by atoms with Crippen molar-refractivity contribution < 1.29 is 18.7 Å². The molecule has 0 saturated heterocycles. The number of carbonyl (C=O) groups is 1. The molecule has 2 N–H and O–H groups in total. The second-order valence-corrected chi connectivity index (χ2v) is 10.1. The van der Waals surface area contributed by atoms with E-state index in [-0.39, 0.29) is 24.4 Å². The molecule has 0 aliphatic heterocycles. The SMILES string of the molecule is CC(C)(O)Cn1ccc(NC(=O)C(CC2CCCC2)n2ncc(Cc3c(F)cccc3F)cc2=O)n1. The van der Waals surface area contributed by atoms with Gasteiger partial charge in [0.15, 0.2) is 5.82 Å². The summed E-state index contributed by atoms with van der Waals surface area (Å²) in [4.78, 5) is 26.3. The monoisotopic (exact) mass is 499 g/mol. The number of aliphatic hydroxyl groups is 1. The van der Waals surface area contributed by atoms with E-state index in [0.29, 0.717) is 17.8 Å². The van der Waals surface area contributed by atoms with Gasteiger partial charge in [-0.2, -0.15) is 10.2 Å². The lowest BCUT2D eigenvalue weighted by Gasteiger charge is -2.21. The number of anilines is 1. The van der Waals surface area contributed by atoms with Crippen LogP contribution in [-0.4, -0.2) is 36.2 Å². The molecule has 0 bridgehead atoms. The van der Waals surface area contributed by atoms with Crippen LogP contribution in [0.1, 0.15) is 63.1 Å². The Labute approximate surface area is 208 Å². The summed E-state index contributed by atoms with van der Waals surface area (Å²) in [6, 6.07) is 5.64. The topological polar surface area (TPSA) is 102 Å². The Hall–Kier alpha value is -3.40. The summed E-state index contributed by atoms with van der Waals surface area (Å²) in [7, 11) is 0. The van der Waals surface area contributed by atoms with Crippen molar-refractivity contribution in [2.24, 2.45) is 5.92 Å².